The Labute approximate surface area is 206 Å². The van der Waals surface area contributed by atoms with E-state index in [4.69, 9.17) is 9.47 Å². The van der Waals surface area contributed by atoms with Gasteiger partial charge in [0.25, 0.3) is 0 Å². The average Bonchev–Trinajstić information content (AvgIpc) is 3.66. The number of rotatable bonds is 10. The highest BCUT2D eigenvalue weighted by Crippen LogP contribution is 2.50. The molecule has 2 aliphatic rings. The van der Waals surface area contributed by atoms with Crippen molar-refractivity contribution in [3.63, 3.8) is 0 Å². The van der Waals surface area contributed by atoms with Gasteiger partial charge in [0.05, 0.1) is 42.0 Å². The summed E-state index contributed by atoms with van der Waals surface area (Å²) in [5.74, 6) is 0.580. The summed E-state index contributed by atoms with van der Waals surface area (Å²) in [7, 11) is 1.55. The van der Waals surface area contributed by atoms with Gasteiger partial charge in [0, 0.05) is 32.1 Å². The van der Waals surface area contributed by atoms with Gasteiger partial charge in [-0.15, -0.1) is 0 Å². The lowest BCUT2D eigenvalue weighted by Gasteiger charge is -2.38. The standard InChI is InChI=1S/C25H35N5O3S/c1-17(2)16-30(20-7-11-33-12-8-20)22-6-5-18(25(9-10-25)23(31)29-34-4)13-21(22)28-19-14-26-24(32-3)27-15-19/h5-6,13-15,17,20,28H,7-12,16H2,1-4H3,(H,29,31). The Morgan fingerprint density at radius 3 is 2.56 bits per heavy atom. The van der Waals surface area contributed by atoms with Crippen molar-refractivity contribution in [2.24, 2.45) is 5.92 Å². The molecular formula is C25H35N5O3S. The van der Waals surface area contributed by atoms with E-state index >= 15 is 0 Å². The van der Waals surface area contributed by atoms with Crippen molar-refractivity contribution >= 4 is 34.9 Å². The molecule has 1 aliphatic carbocycles. The first kappa shape index (κ1) is 24.6. The van der Waals surface area contributed by atoms with Crippen LogP contribution in [0.25, 0.3) is 0 Å². The fraction of sp³-hybridized carbons (Fsp3) is 0.560. The summed E-state index contributed by atoms with van der Waals surface area (Å²) >= 11 is 1.35. The lowest BCUT2D eigenvalue weighted by molar-refractivity contribution is -0.121. The number of hydrogen-bond donors (Lipinski definition) is 2. The van der Waals surface area contributed by atoms with E-state index in [0.29, 0.717) is 18.0 Å². The van der Waals surface area contributed by atoms with Crippen LogP contribution in [0.5, 0.6) is 6.01 Å². The Hall–Kier alpha value is -2.52. The second-order valence-electron chi connectivity index (χ2n) is 9.42. The van der Waals surface area contributed by atoms with E-state index in [0.717, 1.165) is 68.1 Å². The lowest BCUT2D eigenvalue weighted by Crippen LogP contribution is -2.42. The Balaban J connectivity index is 1.73. The van der Waals surface area contributed by atoms with Gasteiger partial charge in [0.1, 0.15) is 0 Å². The molecule has 184 valence electrons. The van der Waals surface area contributed by atoms with E-state index in [9.17, 15) is 4.79 Å². The number of anilines is 3. The average molecular weight is 486 g/mol. The Kier molecular flexibility index (Phi) is 7.83. The Morgan fingerprint density at radius 2 is 1.97 bits per heavy atom. The third kappa shape index (κ3) is 5.41. The van der Waals surface area contributed by atoms with Gasteiger partial charge in [-0.25, -0.2) is 9.97 Å². The molecular weight excluding hydrogens is 450 g/mol. The van der Waals surface area contributed by atoms with Crippen molar-refractivity contribution in [1.82, 2.24) is 14.7 Å². The van der Waals surface area contributed by atoms with Crippen molar-refractivity contribution in [3.05, 3.63) is 36.2 Å². The maximum absolute atomic E-state index is 12.9. The summed E-state index contributed by atoms with van der Waals surface area (Å²) in [6.45, 7) is 7.00. The minimum absolute atomic E-state index is 0.0787. The molecule has 1 amide bonds. The van der Waals surface area contributed by atoms with E-state index < -0.39 is 5.41 Å². The predicted octanol–water partition coefficient (Wildman–Crippen LogP) is 4.30. The van der Waals surface area contributed by atoms with Crippen molar-refractivity contribution in [2.75, 3.05) is 43.3 Å². The minimum atomic E-state index is -0.448. The summed E-state index contributed by atoms with van der Waals surface area (Å²) in [4.78, 5) is 23.9. The number of carbonyl (C=O) groups is 1. The molecule has 1 aliphatic heterocycles. The molecule has 9 heteroatoms. The van der Waals surface area contributed by atoms with Crippen molar-refractivity contribution in [3.8, 4) is 6.01 Å². The largest absolute Gasteiger partial charge is 0.467 e. The molecule has 34 heavy (non-hydrogen) atoms. The molecule has 2 aromatic rings. The normalized spacial score (nSPS) is 17.3. The van der Waals surface area contributed by atoms with Gasteiger partial charge in [-0.2, -0.15) is 0 Å². The molecule has 4 rings (SSSR count). The first-order valence-corrected chi connectivity index (χ1v) is 13.1. The summed E-state index contributed by atoms with van der Waals surface area (Å²) in [5.41, 5.74) is 3.45. The number of nitrogens with one attached hydrogen (secondary N) is 2. The maximum Gasteiger partial charge on any atom is 0.316 e. The van der Waals surface area contributed by atoms with E-state index in [-0.39, 0.29) is 5.91 Å². The molecule has 2 fully saturated rings. The van der Waals surface area contributed by atoms with Crippen LogP contribution in [0.4, 0.5) is 17.1 Å². The van der Waals surface area contributed by atoms with Crippen molar-refractivity contribution in [1.29, 1.82) is 0 Å². The maximum atomic E-state index is 12.9. The number of aromatic nitrogens is 2. The zero-order valence-corrected chi connectivity index (χ0v) is 21.3. The minimum Gasteiger partial charge on any atom is -0.467 e. The fourth-order valence-electron chi connectivity index (χ4n) is 4.62. The van der Waals surface area contributed by atoms with Crippen LogP contribution in [0, 0.1) is 5.92 Å². The summed E-state index contributed by atoms with van der Waals surface area (Å²) in [5, 5.41) is 3.54. The third-order valence-corrected chi connectivity index (χ3v) is 6.91. The second-order valence-corrected chi connectivity index (χ2v) is 10.0. The zero-order valence-electron chi connectivity index (χ0n) is 20.5. The number of benzene rings is 1. The smallest absolute Gasteiger partial charge is 0.316 e. The topological polar surface area (TPSA) is 88.6 Å². The van der Waals surface area contributed by atoms with Crippen LogP contribution in [-0.2, 0) is 14.9 Å². The zero-order chi connectivity index (χ0) is 24.1. The van der Waals surface area contributed by atoms with E-state index in [1.807, 2.05) is 6.26 Å². The third-order valence-electron chi connectivity index (χ3n) is 6.52. The molecule has 0 unspecified atom stereocenters. The van der Waals surface area contributed by atoms with E-state index in [1.54, 1.807) is 19.5 Å². The molecule has 0 spiro atoms. The summed E-state index contributed by atoms with van der Waals surface area (Å²) in [6.07, 6.45) is 9.04. The first-order valence-electron chi connectivity index (χ1n) is 11.9. The highest BCUT2D eigenvalue weighted by Gasteiger charge is 2.51. The van der Waals surface area contributed by atoms with Gasteiger partial charge < -0.3 is 19.7 Å². The fourth-order valence-corrected chi connectivity index (χ4v) is 5.00. The summed E-state index contributed by atoms with van der Waals surface area (Å²) < 4.78 is 13.7. The van der Waals surface area contributed by atoms with E-state index in [2.05, 4.69) is 57.0 Å². The molecule has 1 saturated heterocycles. The molecule has 0 radical (unpaired) electrons. The van der Waals surface area contributed by atoms with Gasteiger partial charge >= 0.3 is 6.01 Å². The quantitative estimate of drug-likeness (QED) is 0.482. The van der Waals surface area contributed by atoms with Crippen LogP contribution in [0.3, 0.4) is 0 Å². The predicted molar refractivity (Wildman–Crippen MR) is 137 cm³/mol. The highest BCUT2D eigenvalue weighted by molar-refractivity contribution is 7.97. The molecule has 1 saturated carbocycles. The van der Waals surface area contributed by atoms with Gasteiger partial charge in [-0.1, -0.05) is 31.9 Å². The molecule has 1 aromatic carbocycles. The summed E-state index contributed by atoms with van der Waals surface area (Å²) in [6, 6.07) is 7.17. The van der Waals surface area contributed by atoms with Crippen LogP contribution in [-0.4, -0.2) is 55.0 Å². The number of amides is 1. The molecule has 2 heterocycles. The van der Waals surface area contributed by atoms with E-state index in [1.165, 1.54) is 11.9 Å². The Bertz CT molecular complexity index is 975. The van der Waals surface area contributed by atoms with Gasteiger partial charge in [-0.3, -0.25) is 9.52 Å². The Morgan fingerprint density at radius 1 is 1.26 bits per heavy atom. The highest BCUT2D eigenvalue weighted by atomic mass is 32.2. The molecule has 2 N–H and O–H groups in total. The van der Waals surface area contributed by atoms with Gasteiger partial charge in [0.15, 0.2) is 0 Å². The van der Waals surface area contributed by atoms with Crippen LogP contribution in [0.15, 0.2) is 30.6 Å². The van der Waals surface area contributed by atoms with Crippen LogP contribution >= 0.6 is 11.9 Å². The molecule has 1 aromatic heterocycles. The molecule has 0 bridgehead atoms. The number of methoxy groups -OCH3 is 1. The molecule has 0 atom stereocenters. The van der Waals surface area contributed by atoms with Gasteiger partial charge in [-0.05, 0) is 49.3 Å². The second kappa shape index (κ2) is 10.8. The number of carbonyl (C=O) groups excluding carboxylic acids is 1. The number of hydrogen-bond acceptors (Lipinski definition) is 8. The SMILES string of the molecule is COc1ncc(Nc2cc(C3(C(=O)NSC)CC3)ccc2N(CC(C)C)C2CCOCC2)cn1. The lowest BCUT2D eigenvalue weighted by atomic mass is 9.93. The molecule has 8 nitrogen and oxygen atoms in total. The number of ether oxygens (including phenoxy) is 2. The van der Waals surface area contributed by atoms with Crippen LogP contribution in [0.2, 0.25) is 0 Å². The van der Waals surface area contributed by atoms with Crippen molar-refractivity contribution in [2.45, 2.75) is 51.0 Å². The number of nitrogens with zero attached hydrogens (tertiary/aromatic N) is 3. The van der Waals surface area contributed by atoms with Crippen molar-refractivity contribution < 1.29 is 14.3 Å². The first-order chi connectivity index (χ1) is 16.5. The van der Waals surface area contributed by atoms with Crippen LogP contribution < -0.4 is 19.7 Å². The van der Waals surface area contributed by atoms with Crippen LogP contribution in [0.1, 0.15) is 45.1 Å². The monoisotopic (exact) mass is 485 g/mol. The van der Waals surface area contributed by atoms with Gasteiger partial charge in [0.2, 0.25) is 5.91 Å².